The van der Waals surface area contributed by atoms with Crippen molar-refractivity contribution in [2.24, 2.45) is 0 Å². The Hall–Kier alpha value is -1.14. The molecule has 1 aromatic heterocycles. The molecule has 1 nitrogen and oxygen atoms in total. The summed E-state index contributed by atoms with van der Waals surface area (Å²) >= 11 is 1.32. The summed E-state index contributed by atoms with van der Waals surface area (Å²) in [6, 6.07) is 5.85. The van der Waals surface area contributed by atoms with E-state index < -0.39 is 12.6 Å². The maximum atomic E-state index is 13.1. The largest absolute Gasteiger partial charge is 0.389 e. The van der Waals surface area contributed by atoms with Crippen LogP contribution >= 0.6 is 11.3 Å². The van der Waals surface area contributed by atoms with Gasteiger partial charge in [0.15, 0.2) is 0 Å². The molecule has 1 unspecified atom stereocenters. The van der Waals surface area contributed by atoms with E-state index in [9.17, 15) is 17.6 Å². The number of thiophene rings is 1. The molecule has 1 aromatic carbocycles. The Morgan fingerprint density at radius 2 is 2.00 bits per heavy atom. The van der Waals surface area contributed by atoms with Gasteiger partial charge in [0.1, 0.15) is 5.82 Å². The lowest BCUT2D eigenvalue weighted by Crippen LogP contribution is -2.18. The van der Waals surface area contributed by atoms with Crippen LogP contribution in [-0.4, -0.2) is 13.2 Å². The fourth-order valence-corrected chi connectivity index (χ4v) is 3.17. The van der Waals surface area contributed by atoms with Gasteiger partial charge in [-0.3, -0.25) is 0 Å². The first-order chi connectivity index (χ1) is 8.89. The van der Waals surface area contributed by atoms with Crippen LogP contribution in [0.2, 0.25) is 0 Å². The molecule has 2 rings (SSSR count). The third-order valence-electron chi connectivity index (χ3n) is 2.91. The van der Waals surface area contributed by atoms with E-state index in [0.29, 0.717) is 0 Å². The van der Waals surface area contributed by atoms with Crippen LogP contribution in [0.25, 0.3) is 10.1 Å². The lowest BCUT2D eigenvalue weighted by Gasteiger charge is -2.15. The Labute approximate surface area is 112 Å². The maximum absolute atomic E-state index is 13.1. The van der Waals surface area contributed by atoms with Crippen LogP contribution in [-0.2, 0) is 0 Å². The molecule has 0 aliphatic heterocycles. The average molecular weight is 291 g/mol. The van der Waals surface area contributed by atoms with Gasteiger partial charge in [-0.25, -0.2) is 4.39 Å². The summed E-state index contributed by atoms with van der Waals surface area (Å²) in [6.07, 6.45) is -5.01. The van der Waals surface area contributed by atoms with Crippen LogP contribution in [0.3, 0.4) is 0 Å². The van der Waals surface area contributed by atoms with Crippen molar-refractivity contribution < 1.29 is 17.6 Å². The molecule has 1 heterocycles. The highest BCUT2D eigenvalue weighted by molar-refractivity contribution is 7.19. The standard InChI is InChI=1S/C13H13F4NS/c1-18-10(4-5-13(15,16)17)12-6-8-2-3-9(14)7-11(8)19-12/h2-3,6-7,10,18H,4-5H2,1H3. The van der Waals surface area contributed by atoms with Crippen molar-refractivity contribution in [3.8, 4) is 0 Å². The molecule has 1 atom stereocenters. The van der Waals surface area contributed by atoms with Crippen molar-refractivity contribution >= 4 is 21.4 Å². The zero-order valence-electron chi connectivity index (χ0n) is 10.2. The molecule has 0 fully saturated rings. The second-order valence-corrected chi connectivity index (χ2v) is 5.44. The van der Waals surface area contributed by atoms with Gasteiger partial charge in [-0.05, 0) is 37.1 Å². The summed E-state index contributed by atoms with van der Waals surface area (Å²) in [4.78, 5) is 0.798. The van der Waals surface area contributed by atoms with Gasteiger partial charge < -0.3 is 5.32 Å². The van der Waals surface area contributed by atoms with Crippen molar-refractivity contribution in [1.29, 1.82) is 0 Å². The van der Waals surface area contributed by atoms with E-state index in [2.05, 4.69) is 5.32 Å². The van der Waals surface area contributed by atoms with Crippen LogP contribution in [0, 0.1) is 5.82 Å². The average Bonchev–Trinajstić information content (AvgIpc) is 2.71. The van der Waals surface area contributed by atoms with Crippen LogP contribution in [0.1, 0.15) is 23.8 Å². The lowest BCUT2D eigenvalue weighted by molar-refractivity contribution is -0.136. The second kappa shape index (κ2) is 5.46. The fraction of sp³-hybridized carbons (Fsp3) is 0.385. The number of alkyl halides is 3. The normalized spacial score (nSPS) is 13.9. The summed E-state index contributed by atoms with van der Waals surface area (Å²) in [7, 11) is 1.63. The quantitative estimate of drug-likeness (QED) is 0.809. The predicted octanol–water partition coefficient (Wildman–Crippen LogP) is 4.64. The third-order valence-corrected chi connectivity index (χ3v) is 4.12. The van der Waals surface area contributed by atoms with Crippen LogP contribution in [0.5, 0.6) is 0 Å². The molecule has 19 heavy (non-hydrogen) atoms. The number of hydrogen-bond acceptors (Lipinski definition) is 2. The van der Waals surface area contributed by atoms with Gasteiger partial charge in [-0.1, -0.05) is 6.07 Å². The van der Waals surface area contributed by atoms with Gasteiger partial charge in [-0.2, -0.15) is 13.2 Å². The molecule has 0 aliphatic carbocycles. The van der Waals surface area contributed by atoms with E-state index >= 15 is 0 Å². The molecule has 0 aliphatic rings. The first kappa shape index (κ1) is 14.3. The molecular formula is C13H13F4NS. The van der Waals surface area contributed by atoms with Gasteiger partial charge >= 0.3 is 6.18 Å². The molecular weight excluding hydrogens is 278 g/mol. The Morgan fingerprint density at radius 3 is 2.63 bits per heavy atom. The van der Waals surface area contributed by atoms with Gasteiger partial charge in [-0.15, -0.1) is 11.3 Å². The van der Waals surface area contributed by atoms with Crippen molar-refractivity contribution in [3.63, 3.8) is 0 Å². The number of benzene rings is 1. The van der Waals surface area contributed by atoms with Gasteiger partial charge in [0.2, 0.25) is 0 Å². The smallest absolute Gasteiger partial charge is 0.312 e. The molecule has 0 radical (unpaired) electrons. The topological polar surface area (TPSA) is 12.0 Å². The van der Waals surface area contributed by atoms with Crippen molar-refractivity contribution in [2.45, 2.75) is 25.1 Å². The predicted molar refractivity (Wildman–Crippen MR) is 68.9 cm³/mol. The minimum absolute atomic E-state index is 0.0185. The van der Waals surface area contributed by atoms with Crippen molar-refractivity contribution in [2.75, 3.05) is 7.05 Å². The maximum Gasteiger partial charge on any atom is 0.389 e. The van der Waals surface area contributed by atoms with Gasteiger partial charge in [0.05, 0.1) is 0 Å². The third kappa shape index (κ3) is 3.67. The zero-order valence-corrected chi connectivity index (χ0v) is 11.0. The molecule has 104 valence electrons. The van der Waals surface area contributed by atoms with Crippen molar-refractivity contribution in [3.05, 3.63) is 35.0 Å². The Balaban J connectivity index is 2.20. The Morgan fingerprint density at radius 1 is 1.26 bits per heavy atom. The van der Waals surface area contributed by atoms with Crippen LogP contribution in [0.4, 0.5) is 17.6 Å². The van der Waals surface area contributed by atoms with Gasteiger partial charge in [0, 0.05) is 22.0 Å². The second-order valence-electron chi connectivity index (χ2n) is 4.33. The molecule has 2 aromatic rings. The molecule has 0 saturated carbocycles. The van der Waals surface area contributed by atoms with E-state index in [-0.39, 0.29) is 18.3 Å². The van der Waals surface area contributed by atoms with Crippen LogP contribution < -0.4 is 5.32 Å². The minimum Gasteiger partial charge on any atom is -0.312 e. The zero-order chi connectivity index (χ0) is 14.0. The van der Waals surface area contributed by atoms with Crippen molar-refractivity contribution in [1.82, 2.24) is 5.32 Å². The Kier molecular flexibility index (Phi) is 4.10. The molecule has 6 heteroatoms. The monoisotopic (exact) mass is 291 g/mol. The summed E-state index contributed by atoms with van der Waals surface area (Å²) < 4.78 is 50.6. The SMILES string of the molecule is CNC(CCC(F)(F)F)c1cc2ccc(F)cc2s1. The van der Waals surface area contributed by atoms with E-state index in [1.807, 2.05) is 6.07 Å². The fourth-order valence-electron chi connectivity index (χ4n) is 1.93. The van der Waals surface area contributed by atoms with E-state index in [1.165, 1.54) is 23.5 Å². The van der Waals surface area contributed by atoms with E-state index in [4.69, 9.17) is 0 Å². The number of fused-ring (bicyclic) bond motifs is 1. The first-order valence-corrected chi connectivity index (χ1v) is 6.64. The number of nitrogens with one attached hydrogen (secondary N) is 1. The highest BCUT2D eigenvalue weighted by Crippen LogP contribution is 2.34. The molecule has 0 spiro atoms. The minimum atomic E-state index is -4.15. The van der Waals surface area contributed by atoms with Crippen LogP contribution in [0.15, 0.2) is 24.3 Å². The highest BCUT2D eigenvalue weighted by atomic mass is 32.1. The first-order valence-electron chi connectivity index (χ1n) is 5.82. The summed E-state index contributed by atoms with van der Waals surface area (Å²) in [5.74, 6) is -0.336. The Bertz CT molecular complexity index is 561. The van der Waals surface area contributed by atoms with E-state index in [1.54, 1.807) is 13.1 Å². The number of hydrogen-bond donors (Lipinski definition) is 1. The summed E-state index contributed by atoms with van der Waals surface area (Å²) in [6.45, 7) is 0. The van der Waals surface area contributed by atoms with Gasteiger partial charge in [0.25, 0.3) is 0 Å². The highest BCUT2D eigenvalue weighted by Gasteiger charge is 2.28. The van der Waals surface area contributed by atoms with E-state index in [0.717, 1.165) is 15.0 Å². The summed E-state index contributed by atoms with van der Waals surface area (Å²) in [5.41, 5.74) is 0. The summed E-state index contributed by atoms with van der Waals surface area (Å²) in [5, 5.41) is 3.74. The number of rotatable bonds is 4. The molecule has 0 saturated heterocycles. The molecule has 0 amide bonds. The lowest BCUT2D eigenvalue weighted by atomic mass is 10.1. The molecule has 1 N–H and O–H groups in total. The number of halogens is 4. The molecule has 0 bridgehead atoms.